The van der Waals surface area contributed by atoms with Gasteiger partial charge in [-0.2, -0.15) is 0 Å². The summed E-state index contributed by atoms with van der Waals surface area (Å²) in [5, 5.41) is 1.36. The number of benzene rings is 2. The number of rotatable bonds is 4. The highest BCUT2D eigenvalue weighted by Gasteiger charge is 2.26. The third-order valence-electron chi connectivity index (χ3n) is 2.58. The Balaban J connectivity index is 2.64. The van der Waals surface area contributed by atoms with E-state index >= 15 is 0 Å². The zero-order valence-corrected chi connectivity index (χ0v) is 10.2. The summed E-state index contributed by atoms with van der Waals surface area (Å²) in [7, 11) is -3.82. The first kappa shape index (κ1) is 12.6. The van der Waals surface area contributed by atoms with E-state index in [0.29, 0.717) is 5.39 Å². The number of hydrogen-bond acceptors (Lipinski definition) is 4. The summed E-state index contributed by atoms with van der Waals surface area (Å²) in [5.41, 5.74) is -1.50. The standard InChI is InChI=1S/C13H10O4S/c1-10(17-9-14)18(15,16)13-8-4-6-11-5-2-3-7-12(11)13/h2-8,10H,1H2. The average molecular weight is 262 g/mol. The van der Waals surface area contributed by atoms with Crippen molar-refractivity contribution in [3.8, 4) is 0 Å². The van der Waals surface area contributed by atoms with Gasteiger partial charge in [0.05, 0.1) is 4.90 Å². The van der Waals surface area contributed by atoms with E-state index in [9.17, 15) is 13.2 Å². The lowest BCUT2D eigenvalue weighted by Gasteiger charge is -2.12. The quantitative estimate of drug-likeness (QED) is 0.843. The molecule has 1 unspecified atom stereocenters. The van der Waals surface area contributed by atoms with Gasteiger partial charge in [0.2, 0.25) is 15.3 Å². The van der Waals surface area contributed by atoms with Crippen LogP contribution in [0.1, 0.15) is 0 Å². The van der Waals surface area contributed by atoms with Crippen LogP contribution in [0.3, 0.4) is 0 Å². The zero-order valence-electron chi connectivity index (χ0n) is 9.37. The summed E-state index contributed by atoms with van der Waals surface area (Å²) in [6.07, 6.45) is 0. The van der Waals surface area contributed by atoms with Gasteiger partial charge in [-0.05, 0) is 11.5 Å². The molecule has 0 aliphatic rings. The highest BCUT2D eigenvalue weighted by atomic mass is 32.2. The van der Waals surface area contributed by atoms with E-state index in [0.717, 1.165) is 11.9 Å². The molecule has 0 heterocycles. The van der Waals surface area contributed by atoms with Gasteiger partial charge in [-0.25, -0.2) is 13.2 Å². The van der Waals surface area contributed by atoms with E-state index in [1.165, 1.54) is 6.07 Å². The minimum Gasteiger partial charge on any atom is -0.437 e. The summed E-state index contributed by atoms with van der Waals surface area (Å²) >= 11 is 0. The molecule has 2 aromatic carbocycles. The van der Waals surface area contributed by atoms with Crippen molar-refractivity contribution >= 4 is 27.1 Å². The van der Waals surface area contributed by atoms with Crippen molar-refractivity contribution in [2.24, 2.45) is 0 Å². The third kappa shape index (κ3) is 2.09. The molecule has 1 atom stereocenters. The number of ether oxygens (including phenoxy) is 1. The maximum absolute atomic E-state index is 12.2. The molecule has 2 rings (SSSR count). The Morgan fingerprint density at radius 1 is 1.11 bits per heavy atom. The van der Waals surface area contributed by atoms with Crippen LogP contribution in [-0.4, -0.2) is 20.3 Å². The highest BCUT2D eigenvalue weighted by Crippen LogP contribution is 2.25. The van der Waals surface area contributed by atoms with Gasteiger partial charge in [-0.15, -0.1) is 0 Å². The molecule has 0 aromatic heterocycles. The van der Waals surface area contributed by atoms with Gasteiger partial charge < -0.3 is 4.74 Å². The van der Waals surface area contributed by atoms with Gasteiger partial charge in [0, 0.05) is 12.3 Å². The van der Waals surface area contributed by atoms with Crippen LogP contribution in [0.25, 0.3) is 10.8 Å². The number of fused-ring (bicyclic) bond motifs is 1. The molecule has 18 heavy (non-hydrogen) atoms. The van der Waals surface area contributed by atoms with Gasteiger partial charge in [0.1, 0.15) is 0 Å². The van der Waals surface area contributed by atoms with Crippen molar-refractivity contribution in [3.05, 3.63) is 49.4 Å². The Labute approximate surface area is 105 Å². The van der Waals surface area contributed by atoms with Crippen LogP contribution in [0.15, 0.2) is 47.4 Å². The Hall–Kier alpha value is -1.88. The van der Waals surface area contributed by atoms with E-state index in [1.807, 2.05) is 6.07 Å². The average Bonchev–Trinajstić information content (AvgIpc) is 2.38. The van der Waals surface area contributed by atoms with Crippen molar-refractivity contribution in [2.75, 3.05) is 0 Å². The molecule has 0 aliphatic heterocycles. The first-order chi connectivity index (χ1) is 8.57. The lowest BCUT2D eigenvalue weighted by atomic mass is 10.1. The third-order valence-corrected chi connectivity index (χ3v) is 4.34. The molecule has 0 fully saturated rings. The first-order valence-corrected chi connectivity index (χ1v) is 6.69. The van der Waals surface area contributed by atoms with Crippen LogP contribution in [0.2, 0.25) is 0 Å². The fourth-order valence-electron chi connectivity index (χ4n) is 1.70. The molecule has 0 N–H and O–H groups in total. The van der Waals surface area contributed by atoms with Crippen molar-refractivity contribution in [3.63, 3.8) is 0 Å². The smallest absolute Gasteiger partial charge is 0.418 e. The Kier molecular flexibility index (Phi) is 3.34. The van der Waals surface area contributed by atoms with Crippen LogP contribution in [0, 0.1) is 6.92 Å². The topological polar surface area (TPSA) is 60.4 Å². The molecule has 92 valence electrons. The summed E-state index contributed by atoms with van der Waals surface area (Å²) in [4.78, 5) is 10.2. The minimum absolute atomic E-state index is 0.0934. The number of sulfone groups is 1. The molecule has 0 amide bonds. The van der Waals surface area contributed by atoms with Gasteiger partial charge in [0.25, 0.3) is 0 Å². The highest BCUT2D eigenvalue weighted by molar-refractivity contribution is 7.92. The lowest BCUT2D eigenvalue weighted by molar-refractivity contribution is 0.275. The second-order valence-electron chi connectivity index (χ2n) is 3.65. The fraction of sp³-hybridized carbons (Fsp3) is 0.0769. The molecule has 0 bridgehead atoms. The predicted molar refractivity (Wildman–Crippen MR) is 67.1 cm³/mol. The van der Waals surface area contributed by atoms with Gasteiger partial charge in [-0.1, -0.05) is 36.4 Å². The first-order valence-electron chi connectivity index (χ1n) is 5.15. The van der Waals surface area contributed by atoms with Gasteiger partial charge in [-0.3, -0.25) is 0 Å². The van der Waals surface area contributed by atoms with E-state index in [1.54, 1.807) is 30.3 Å². The Bertz CT molecular complexity index is 671. The van der Waals surface area contributed by atoms with E-state index in [-0.39, 0.29) is 4.90 Å². The van der Waals surface area contributed by atoms with Crippen LogP contribution in [0.4, 0.5) is 0 Å². The van der Waals surface area contributed by atoms with Crippen LogP contribution in [-0.2, 0) is 19.4 Å². The number of hydrogen-bond donors (Lipinski definition) is 0. The summed E-state index contributed by atoms with van der Waals surface area (Å²) < 4.78 is 28.6. The maximum Gasteiger partial charge on any atom is 0.418 e. The molecule has 0 saturated heterocycles. The molecule has 2 radical (unpaired) electrons. The van der Waals surface area contributed by atoms with Crippen LogP contribution in [0.5, 0.6) is 0 Å². The van der Waals surface area contributed by atoms with Crippen molar-refractivity contribution in [1.29, 1.82) is 0 Å². The lowest BCUT2D eigenvalue weighted by Crippen LogP contribution is -2.21. The molecular formula is C13H10O4S. The summed E-state index contributed by atoms with van der Waals surface area (Å²) in [6, 6.07) is 12.0. The van der Waals surface area contributed by atoms with Crippen LogP contribution < -0.4 is 0 Å². The monoisotopic (exact) mass is 262 g/mol. The Morgan fingerprint density at radius 3 is 2.50 bits per heavy atom. The normalized spacial score (nSPS) is 13.2. The van der Waals surface area contributed by atoms with E-state index in [2.05, 4.69) is 11.7 Å². The van der Waals surface area contributed by atoms with Crippen LogP contribution >= 0.6 is 0 Å². The molecule has 0 saturated carbocycles. The molecule has 2 aromatic rings. The second kappa shape index (κ2) is 4.78. The number of carbonyl (C=O) groups excluding carboxylic acids is 1. The van der Waals surface area contributed by atoms with Crippen molar-refractivity contribution in [1.82, 2.24) is 0 Å². The summed E-state index contributed by atoms with van der Waals surface area (Å²) in [5.74, 6) is 0. The van der Waals surface area contributed by atoms with E-state index in [4.69, 9.17) is 0 Å². The minimum atomic E-state index is -3.82. The molecule has 4 nitrogen and oxygen atoms in total. The van der Waals surface area contributed by atoms with Gasteiger partial charge in [0.15, 0.2) is 0 Å². The maximum atomic E-state index is 12.2. The van der Waals surface area contributed by atoms with Crippen molar-refractivity contribution < 1.29 is 17.9 Å². The molecular weight excluding hydrogens is 252 g/mol. The molecule has 5 heteroatoms. The van der Waals surface area contributed by atoms with Crippen molar-refractivity contribution in [2.45, 2.75) is 10.3 Å². The fourth-order valence-corrected chi connectivity index (χ4v) is 2.91. The SMILES string of the molecule is [CH2]C(O[C]=O)S(=O)(=O)c1cccc2ccccc12. The predicted octanol–water partition coefficient (Wildman–Crippen LogP) is 1.86. The molecule has 0 spiro atoms. The van der Waals surface area contributed by atoms with E-state index < -0.39 is 15.3 Å². The van der Waals surface area contributed by atoms with Gasteiger partial charge >= 0.3 is 6.47 Å². The second-order valence-corrected chi connectivity index (χ2v) is 5.71. The zero-order chi connectivity index (χ0) is 13.2. The molecule has 0 aliphatic carbocycles. The largest absolute Gasteiger partial charge is 0.437 e. The summed E-state index contributed by atoms with van der Waals surface area (Å²) in [6.45, 7) is 4.41. The Morgan fingerprint density at radius 2 is 1.78 bits per heavy atom.